The van der Waals surface area contributed by atoms with Crippen molar-refractivity contribution in [1.29, 1.82) is 0 Å². The van der Waals surface area contributed by atoms with Crippen molar-refractivity contribution in [3.05, 3.63) is 18.2 Å². The Morgan fingerprint density at radius 1 is 1.20 bits per heavy atom. The van der Waals surface area contributed by atoms with Crippen molar-refractivity contribution >= 4 is 0 Å². The molecule has 84 valence electrons. The number of nitrogens with two attached hydrogens (primary N) is 1. The van der Waals surface area contributed by atoms with E-state index in [-0.39, 0.29) is 0 Å². The Labute approximate surface area is 91.1 Å². The monoisotopic (exact) mass is 208 g/mol. The minimum atomic E-state index is 0.538. The van der Waals surface area contributed by atoms with Crippen LogP contribution in [0.1, 0.15) is 25.0 Å². The smallest absolute Gasteiger partial charge is 0.0950 e. The highest BCUT2D eigenvalue weighted by molar-refractivity contribution is 4.95. The largest absolute Gasteiger partial charge is 0.336 e. The maximum Gasteiger partial charge on any atom is 0.0950 e. The van der Waals surface area contributed by atoms with E-state index < -0.39 is 0 Å². The zero-order valence-electron chi connectivity index (χ0n) is 9.23. The van der Waals surface area contributed by atoms with Crippen molar-refractivity contribution in [2.45, 2.75) is 32.4 Å². The number of nitrogens with zero attached hydrogens (tertiary/aromatic N) is 3. The molecule has 1 saturated heterocycles. The molecule has 0 amide bonds. The normalized spacial score (nSPS) is 18.2. The zero-order chi connectivity index (χ0) is 10.5. The fourth-order valence-electron chi connectivity index (χ4n) is 2.07. The Kier molecular flexibility index (Phi) is 3.75. The second-order valence-electron chi connectivity index (χ2n) is 4.21. The molecular formula is C11H20N4. The van der Waals surface area contributed by atoms with Crippen LogP contribution in [0, 0.1) is 0 Å². The van der Waals surface area contributed by atoms with E-state index in [1.807, 2.05) is 12.5 Å². The quantitative estimate of drug-likeness (QED) is 0.797. The molecule has 0 aliphatic carbocycles. The molecule has 0 unspecified atom stereocenters. The van der Waals surface area contributed by atoms with Gasteiger partial charge in [-0.25, -0.2) is 4.98 Å². The molecule has 1 fully saturated rings. The first-order valence-corrected chi connectivity index (χ1v) is 5.81. The van der Waals surface area contributed by atoms with Crippen LogP contribution in [0.25, 0.3) is 0 Å². The number of aromatic nitrogens is 2. The van der Waals surface area contributed by atoms with Gasteiger partial charge in [-0.2, -0.15) is 0 Å². The highest BCUT2D eigenvalue weighted by Gasteiger charge is 2.09. The van der Waals surface area contributed by atoms with Crippen LogP contribution in [0.4, 0.5) is 0 Å². The van der Waals surface area contributed by atoms with Crippen LogP contribution in [-0.2, 0) is 13.1 Å². The molecule has 0 bridgehead atoms. The van der Waals surface area contributed by atoms with Gasteiger partial charge < -0.3 is 15.2 Å². The SMILES string of the molecule is NCc1cn(CCN2CCCCC2)cn1. The maximum absolute atomic E-state index is 5.52. The first-order chi connectivity index (χ1) is 7.38. The molecule has 0 spiro atoms. The van der Waals surface area contributed by atoms with Crippen LogP contribution < -0.4 is 5.73 Å². The molecule has 0 saturated carbocycles. The number of hydrogen-bond acceptors (Lipinski definition) is 3. The molecule has 0 radical (unpaired) electrons. The van der Waals surface area contributed by atoms with Gasteiger partial charge in [0.25, 0.3) is 0 Å². The van der Waals surface area contributed by atoms with Gasteiger partial charge >= 0.3 is 0 Å². The van der Waals surface area contributed by atoms with Gasteiger partial charge in [0.05, 0.1) is 12.0 Å². The van der Waals surface area contributed by atoms with Gasteiger partial charge in [0, 0.05) is 25.8 Å². The van der Waals surface area contributed by atoms with Crippen LogP contribution in [0.3, 0.4) is 0 Å². The molecule has 15 heavy (non-hydrogen) atoms. The first kappa shape index (κ1) is 10.6. The van der Waals surface area contributed by atoms with Gasteiger partial charge in [-0.15, -0.1) is 0 Å². The summed E-state index contributed by atoms with van der Waals surface area (Å²) in [5.74, 6) is 0. The van der Waals surface area contributed by atoms with E-state index in [1.165, 1.54) is 32.4 Å². The molecule has 1 aliphatic rings. The van der Waals surface area contributed by atoms with Crippen molar-refractivity contribution < 1.29 is 0 Å². The Hall–Kier alpha value is -0.870. The van der Waals surface area contributed by atoms with Gasteiger partial charge in [0.1, 0.15) is 0 Å². The summed E-state index contributed by atoms with van der Waals surface area (Å²) >= 11 is 0. The first-order valence-electron chi connectivity index (χ1n) is 5.81. The fourth-order valence-corrected chi connectivity index (χ4v) is 2.07. The van der Waals surface area contributed by atoms with Crippen molar-refractivity contribution in [3.63, 3.8) is 0 Å². The van der Waals surface area contributed by atoms with Gasteiger partial charge in [-0.3, -0.25) is 0 Å². The summed E-state index contributed by atoms with van der Waals surface area (Å²) in [5.41, 5.74) is 6.50. The lowest BCUT2D eigenvalue weighted by Crippen LogP contribution is -2.32. The molecule has 2 N–H and O–H groups in total. The number of hydrogen-bond donors (Lipinski definition) is 1. The number of imidazole rings is 1. The lowest BCUT2D eigenvalue weighted by atomic mass is 10.1. The average Bonchev–Trinajstić information content (AvgIpc) is 2.76. The molecule has 0 aromatic carbocycles. The van der Waals surface area contributed by atoms with E-state index in [1.54, 1.807) is 0 Å². The topological polar surface area (TPSA) is 47.1 Å². The summed E-state index contributed by atoms with van der Waals surface area (Å²) in [5, 5.41) is 0. The van der Waals surface area contributed by atoms with E-state index in [4.69, 9.17) is 5.73 Å². The van der Waals surface area contributed by atoms with Crippen LogP contribution in [0.2, 0.25) is 0 Å². The highest BCUT2D eigenvalue weighted by atomic mass is 15.2. The molecule has 4 nitrogen and oxygen atoms in total. The minimum Gasteiger partial charge on any atom is -0.336 e. The molecule has 4 heteroatoms. The third-order valence-electron chi connectivity index (χ3n) is 3.02. The third-order valence-corrected chi connectivity index (χ3v) is 3.02. The van der Waals surface area contributed by atoms with Crippen molar-refractivity contribution in [3.8, 4) is 0 Å². The van der Waals surface area contributed by atoms with Gasteiger partial charge in [0.15, 0.2) is 0 Å². The Bertz CT molecular complexity index is 289. The average molecular weight is 208 g/mol. The summed E-state index contributed by atoms with van der Waals surface area (Å²) in [4.78, 5) is 6.75. The zero-order valence-corrected chi connectivity index (χ0v) is 9.23. The van der Waals surface area contributed by atoms with E-state index in [0.29, 0.717) is 6.54 Å². The number of rotatable bonds is 4. The van der Waals surface area contributed by atoms with Crippen LogP contribution >= 0.6 is 0 Å². The summed E-state index contributed by atoms with van der Waals surface area (Å²) in [7, 11) is 0. The number of likely N-dealkylation sites (tertiary alicyclic amines) is 1. The van der Waals surface area contributed by atoms with Gasteiger partial charge in [-0.05, 0) is 25.9 Å². The Morgan fingerprint density at radius 2 is 2.00 bits per heavy atom. The standard InChI is InChI=1S/C11H20N4/c12-8-11-9-15(10-13-11)7-6-14-4-2-1-3-5-14/h9-10H,1-8,12H2. The molecule has 1 aromatic rings. The number of piperidine rings is 1. The third kappa shape index (κ3) is 3.04. The predicted molar refractivity (Wildman–Crippen MR) is 60.4 cm³/mol. The Balaban J connectivity index is 1.76. The van der Waals surface area contributed by atoms with Crippen molar-refractivity contribution in [1.82, 2.24) is 14.5 Å². The molecule has 2 rings (SSSR count). The highest BCUT2D eigenvalue weighted by Crippen LogP contribution is 2.08. The summed E-state index contributed by atoms with van der Waals surface area (Å²) < 4.78 is 2.14. The van der Waals surface area contributed by atoms with E-state index >= 15 is 0 Å². The predicted octanol–water partition coefficient (Wildman–Crippen LogP) is 0.828. The van der Waals surface area contributed by atoms with Crippen molar-refractivity contribution in [2.75, 3.05) is 19.6 Å². The van der Waals surface area contributed by atoms with E-state index in [2.05, 4.69) is 14.5 Å². The van der Waals surface area contributed by atoms with E-state index in [0.717, 1.165) is 18.8 Å². The van der Waals surface area contributed by atoms with Crippen molar-refractivity contribution in [2.24, 2.45) is 5.73 Å². The molecular weight excluding hydrogens is 188 g/mol. The summed E-state index contributed by atoms with van der Waals surface area (Å²) in [6.45, 7) is 5.24. The second-order valence-corrected chi connectivity index (χ2v) is 4.21. The molecule has 1 aliphatic heterocycles. The van der Waals surface area contributed by atoms with Crippen LogP contribution in [0.15, 0.2) is 12.5 Å². The molecule has 0 atom stereocenters. The maximum atomic E-state index is 5.52. The van der Waals surface area contributed by atoms with E-state index in [9.17, 15) is 0 Å². The lowest BCUT2D eigenvalue weighted by Gasteiger charge is -2.26. The summed E-state index contributed by atoms with van der Waals surface area (Å²) in [6, 6.07) is 0. The Morgan fingerprint density at radius 3 is 2.67 bits per heavy atom. The van der Waals surface area contributed by atoms with Gasteiger partial charge in [0.2, 0.25) is 0 Å². The van der Waals surface area contributed by atoms with Crippen LogP contribution in [-0.4, -0.2) is 34.1 Å². The summed E-state index contributed by atoms with van der Waals surface area (Å²) in [6.07, 6.45) is 8.05. The van der Waals surface area contributed by atoms with Gasteiger partial charge in [-0.1, -0.05) is 6.42 Å². The second kappa shape index (κ2) is 5.28. The lowest BCUT2D eigenvalue weighted by molar-refractivity contribution is 0.221. The molecule has 1 aromatic heterocycles. The molecule has 2 heterocycles. The van der Waals surface area contributed by atoms with Crippen LogP contribution in [0.5, 0.6) is 0 Å². The minimum absolute atomic E-state index is 0.538. The fraction of sp³-hybridized carbons (Fsp3) is 0.727.